The van der Waals surface area contributed by atoms with Crippen LogP contribution in [0.4, 0.5) is 0 Å². The van der Waals surface area contributed by atoms with Gasteiger partial charge in [-0.1, -0.05) is 73.7 Å². The second-order valence-corrected chi connectivity index (χ2v) is 13.0. The third-order valence-corrected chi connectivity index (χ3v) is 10.7. The molecule has 0 bridgehead atoms. The van der Waals surface area contributed by atoms with Crippen LogP contribution in [-0.2, 0) is 42.9 Å². The monoisotopic (exact) mass is 592 g/mol. The van der Waals surface area contributed by atoms with E-state index in [9.17, 15) is 13.2 Å². The molecular weight excluding hydrogens is 560 g/mol. The van der Waals surface area contributed by atoms with Gasteiger partial charge < -0.3 is 14.5 Å². The molecule has 43 heavy (non-hydrogen) atoms. The predicted molar refractivity (Wildman–Crippen MR) is 164 cm³/mol. The molecule has 4 aromatic rings. The zero-order valence-corrected chi connectivity index (χ0v) is 24.6. The first kappa shape index (κ1) is 27.4. The van der Waals surface area contributed by atoms with Crippen LogP contribution in [0.1, 0.15) is 42.1 Å². The number of sulfonamides is 1. The summed E-state index contributed by atoms with van der Waals surface area (Å²) in [7, 11) is -4.06. The van der Waals surface area contributed by atoms with E-state index in [1.54, 1.807) is 30.5 Å². The highest BCUT2D eigenvalue weighted by Gasteiger charge is 2.49. The van der Waals surface area contributed by atoms with Gasteiger partial charge in [-0.2, -0.15) is 4.31 Å². The molecule has 0 unspecified atom stereocenters. The lowest BCUT2D eigenvalue weighted by Gasteiger charge is -2.42. The molecule has 1 aliphatic carbocycles. The van der Waals surface area contributed by atoms with E-state index in [4.69, 9.17) is 9.47 Å². The van der Waals surface area contributed by atoms with E-state index < -0.39 is 27.6 Å². The number of hydrogen-bond acceptors (Lipinski definition) is 5. The molecule has 0 amide bonds. The minimum Gasteiger partial charge on any atom is -0.500 e. The summed E-state index contributed by atoms with van der Waals surface area (Å²) in [4.78, 5) is 17.8. The smallest absolute Gasteiger partial charge is 0.326 e. The maximum Gasteiger partial charge on any atom is 0.326 e. The maximum atomic E-state index is 14.3. The number of aromatic nitrogens is 1. The summed E-state index contributed by atoms with van der Waals surface area (Å²) in [5.74, 6) is -0.583. The van der Waals surface area contributed by atoms with E-state index in [2.05, 4.69) is 11.1 Å². The largest absolute Gasteiger partial charge is 0.500 e. The molecule has 7 nitrogen and oxygen atoms in total. The molecule has 0 radical (unpaired) electrons. The van der Waals surface area contributed by atoms with Gasteiger partial charge in [0.15, 0.2) is 5.60 Å². The molecule has 2 atom stereocenters. The molecule has 8 heteroatoms. The van der Waals surface area contributed by atoms with Crippen LogP contribution >= 0.6 is 0 Å². The van der Waals surface area contributed by atoms with Gasteiger partial charge >= 0.3 is 5.97 Å². The SMILES string of the molecule is CC[C@@]1(OC(=O)[C@H]2Cc3ccccc3CN2S(=O)(=O)c2ccc(-c3ccccc3)cc2)C2=COCCC2=Cc2[nH]ccc21. The van der Waals surface area contributed by atoms with Crippen LogP contribution in [0.5, 0.6) is 0 Å². The standard InChI is InChI=1S/C35H32N2O5S/c1-2-35(30-16-18-36-32(30)20-27-17-19-41-23-31(27)35)42-34(38)33-21-26-10-6-7-11-28(26)22-37(33)43(39,40)29-14-12-25(13-15-29)24-8-4-3-5-9-24/h3-16,18,20,23,33,36H,2,17,19,21-22H2,1H3/t33-,35+/m1/s1. The number of carbonyl (C=O) groups excluding carboxylic acids is 1. The van der Waals surface area contributed by atoms with E-state index in [-0.39, 0.29) is 17.9 Å². The fourth-order valence-electron chi connectivity index (χ4n) is 6.54. The summed E-state index contributed by atoms with van der Waals surface area (Å²) < 4.78 is 42.1. The Morgan fingerprint density at radius 3 is 2.47 bits per heavy atom. The molecule has 3 aliphatic rings. The third kappa shape index (κ3) is 4.62. The zero-order valence-electron chi connectivity index (χ0n) is 23.8. The maximum absolute atomic E-state index is 14.3. The third-order valence-electron chi connectivity index (χ3n) is 8.82. The topological polar surface area (TPSA) is 88.7 Å². The second-order valence-electron chi connectivity index (χ2n) is 11.2. The van der Waals surface area contributed by atoms with Crippen molar-refractivity contribution < 1.29 is 22.7 Å². The fourth-order valence-corrected chi connectivity index (χ4v) is 8.10. The zero-order chi connectivity index (χ0) is 29.6. The Bertz CT molecular complexity index is 1860. The number of rotatable bonds is 6. The molecule has 0 saturated heterocycles. The predicted octanol–water partition coefficient (Wildman–Crippen LogP) is 6.35. The lowest BCUT2D eigenvalue weighted by molar-refractivity contribution is -0.163. The molecule has 3 aromatic carbocycles. The first-order valence-electron chi connectivity index (χ1n) is 14.6. The van der Waals surface area contributed by atoms with Crippen molar-refractivity contribution in [2.24, 2.45) is 0 Å². The van der Waals surface area contributed by atoms with Gasteiger partial charge in [-0.15, -0.1) is 0 Å². The summed E-state index contributed by atoms with van der Waals surface area (Å²) in [6, 6.07) is 25.2. The minimum absolute atomic E-state index is 0.0736. The lowest BCUT2D eigenvalue weighted by Crippen LogP contribution is -2.51. The quantitative estimate of drug-likeness (QED) is 0.264. The molecule has 2 aliphatic heterocycles. The van der Waals surface area contributed by atoms with Crippen LogP contribution < -0.4 is 0 Å². The molecule has 0 fully saturated rings. The molecule has 0 saturated carbocycles. The molecule has 3 heterocycles. The van der Waals surface area contributed by atoms with Crippen LogP contribution in [0.2, 0.25) is 0 Å². The number of hydrogen-bond donors (Lipinski definition) is 1. The number of ether oxygens (including phenoxy) is 2. The number of H-pyrrole nitrogens is 1. The summed E-state index contributed by atoms with van der Waals surface area (Å²) in [6.07, 6.45) is 6.99. The van der Waals surface area contributed by atoms with Crippen LogP contribution in [0.15, 0.2) is 113 Å². The van der Waals surface area contributed by atoms with Gasteiger partial charge in [0.2, 0.25) is 10.0 Å². The minimum atomic E-state index is -4.06. The number of esters is 1. The number of nitrogens with zero attached hydrogens (tertiary/aromatic N) is 1. The molecule has 1 aromatic heterocycles. The number of carbonyl (C=O) groups is 1. The van der Waals surface area contributed by atoms with Crippen molar-refractivity contribution >= 4 is 22.1 Å². The van der Waals surface area contributed by atoms with Crippen molar-refractivity contribution in [2.45, 2.75) is 49.3 Å². The van der Waals surface area contributed by atoms with Crippen molar-refractivity contribution in [3.63, 3.8) is 0 Å². The second kappa shape index (κ2) is 10.7. The van der Waals surface area contributed by atoms with Gasteiger partial charge in [-0.25, -0.2) is 8.42 Å². The van der Waals surface area contributed by atoms with E-state index in [0.29, 0.717) is 19.4 Å². The molecule has 218 valence electrons. The molecular formula is C35H32N2O5S. The average Bonchev–Trinajstić information content (AvgIpc) is 3.53. The molecule has 0 spiro atoms. The Kier molecular flexibility index (Phi) is 6.83. The van der Waals surface area contributed by atoms with E-state index >= 15 is 0 Å². The van der Waals surface area contributed by atoms with Crippen molar-refractivity contribution in [3.8, 4) is 11.1 Å². The van der Waals surface area contributed by atoms with Crippen LogP contribution in [0, 0.1) is 0 Å². The Balaban J connectivity index is 1.26. The van der Waals surface area contributed by atoms with E-state index in [1.165, 1.54) is 4.31 Å². The van der Waals surface area contributed by atoms with Crippen molar-refractivity contribution in [3.05, 3.63) is 131 Å². The lowest BCUT2D eigenvalue weighted by atomic mass is 9.75. The van der Waals surface area contributed by atoms with E-state index in [0.717, 1.165) is 44.7 Å². The van der Waals surface area contributed by atoms with Crippen molar-refractivity contribution in [1.29, 1.82) is 0 Å². The highest BCUT2D eigenvalue weighted by molar-refractivity contribution is 7.89. The van der Waals surface area contributed by atoms with Crippen molar-refractivity contribution in [1.82, 2.24) is 9.29 Å². The fraction of sp³-hybridized carbons (Fsp3) is 0.229. The van der Waals surface area contributed by atoms with Crippen LogP contribution in [-0.4, -0.2) is 36.3 Å². The van der Waals surface area contributed by atoms with Gasteiger partial charge in [-0.05, 0) is 58.5 Å². The number of benzene rings is 3. The summed E-state index contributed by atoms with van der Waals surface area (Å²) >= 11 is 0. The Labute approximate surface area is 251 Å². The summed E-state index contributed by atoms with van der Waals surface area (Å²) in [5, 5.41) is 0. The van der Waals surface area contributed by atoms with Gasteiger partial charge in [0.05, 0.1) is 17.8 Å². The molecule has 7 rings (SSSR count). The van der Waals surface area contributed by atoms with E-state index in [1.807, 2.05) is 73.8 Å². The van der Waals surface area contributed by atoms with Crippen LogP contribution in [0.3, 0.4) is 0 Å². The summed E-state index contributed by atoms with van der Waals surface area (Å²) in [5.41, 5.74) is 6.21. The highest BCUT2D eigenvalue weighted by Crippen LogP contribution is 2.49. The number of aromatic amines is 1. The molecule has 1 N–H and O–H groups in total. The number of fused-ring (bicyclic) bond motifs is 3. The Hall–Kier alpha value is -4.40. The summed E-state index contributed by atoms with van der Waals surface area (Å²) in [6.45, 7) is 2.60. The normalized spacial score (nSPS) is 21.4. The van der Waals surface area contributed by atoms with Gasteiger partial charge in [0, 0.05) is 42.4 Å². The highest BCUT2D eigenvalue weighted by atomic mass is 32.2. The van der Waals surface area contributed by atoms with Gasteiger partial charge in [0.1, 0.15) is 6.04 Å². The van der Waals surface area contributed by atoms with Crippen LogP contribution in [0.25, 0.3) is 17.2 Å². The average molecular weight is 593 g/mol. The van der Waals surface area contributed by atoms with Gasteiger partial charge in [-0.3, -0.25) is 4.79 Å². The first-order chi connectivity index (χ1) is 20.9. The van der Waals surface area contributed by atoms with Crippen molar-refractivity contribution in [2.75, 3.05) is 6.61 Å². The number of nitrogens with one attached hydrogen (secondary N) is 1. The van der Waals surface area contributed by atoms with Gasteiger partial charge in [0.25, 0.3) is 0 Å². The Morgan fingerprint density at radius 1 is 0.977 bits per heavy atom. The Morgan fingerprint density at radius 2 is 1.70 bits per heavy atom. The first-order valence-corrected chi connectivity index (χ1v) is 16.0.